The van der Waals surface area contributed by atoms with E-state index in [1.54, 1.807) is 0 Å². The van der Waals surface area contributed by atoms with Crippen LogP contribution < -0.4 is 5.32 Å². The third-order valence-corrected chi connectivity index (χ3v) is 5.10. The molecule has 122 valence electrons. The third-order valence-electron chi connectivity index (χ3n) is 5.10. The number of likely N-dealkylation sites (tertiary alicyclic amines) is 1. The fraction of sp³-hybridized carbons (Fsp3) is 0.526. The second-order valence-electron chi connectivity index (χ2n) is 6.95. The Hall–Kier alpha value is -1.65. The van der Waals surface area contributed by atoms with Crippen LogP contribution in [-0.2, 0) is 6.54 Å². The molecule has 1 aliphatic heterocycles. The van der Waals surface area contributed by atoms with Crippen molar-refractivity contribution in [2.75, 3.05) is 19.6 Å². The highest BCUT2D eigenvalue weighted by Gasteiger charge is 2.24. The van der Waals surface area contributed by atoms with E-state index in [1.807, 2.05) is 6.20 Å². The van der Waals surface area contributed by atoms with E-state index >= 15 is 0 Å². The van der Waals surface area contributed by atoms with E-state index in [-0.39, 0.29) is 0 Å². The van der Waals surface area contributed by atoms with Crippen LogP contribution >= 0.6 is 0 Å². The van der Waals surface area contributed by atoms with Crippen LogP contribution in [0.2, 0.25) is 0 Å². The van der Waals surface area contributed by atoms with Crippen molar-refractivity contribution >= 4 is 0 Å². The molecule has 4 nitrogen and oxygen atoms in total. The highest BCUT2D eigenvalue weighted by Crippen LogP contribution is 2.28. The maximum Gasteiger partial charge on any atom is 0.127 e. The summed E-state index contributed by atoms with van der Waals surface area (Å²) < 4.78 is 2.21. The molecule has 2 aromatic rings. The molecule has 0 bridgehead atoms. The summed E-state index contributed by atoms with van der Waals surface area (Å²) in [7, 11) is 0. The zero-order valence-corrected chi connectivity index (χ0v) is 13.7. The fourth-order valence-electron chi connectivity index (χ4n) is 3.43. The van der Waals surface area contributed by atoms with Gasteiger partial charge in [0.15, 0.2) is 0 Å². The molecule has 0 unspecified atom stereocenters. The Kier molecular flexibility index (Phi) is 4.44. The van der Waals surface area contributed by atoms with Crippen LogP contribution in [-0.4, -0.2) is 40.1 Å². The van der Waals surface area contributed by atoms with Gasteiger partial charge in [-0.3, -0.25) is 4.90 Å². The lowest BCUT2D eigenvalue weighted by molar-refractivity contribution is 0.185. The smallest absolute Gasteiger partial charge is 0.127 e. The lowest BCUT2D eigenvalue weighted by Gasteiger charge is -2.32. The number of nitrogens with zero attached hydrogens (tertiary/aromatic N) is 3. The van der Waals surface area contributed by atoms with Gasteiger partial charge in [0, 0.05) is 37.2 Å². The summed E-state index contributed by atoms with van der Waals surface area (Å²) in [6.07, 6.45) is 9.38. The van der Waals surface area contributed by atoms with Gasteiger partial charge in [0.05, 0.1) is 6.54 Å². The molecule has 0 spiro atoms. The number of hydrogen-bond donors (Lipinski definition) is 1. The first-order valence-electron chi connectivity index (χ1n) is 8.92. The van der Waals surface area contributed by atoms with Crippen molar-refractivity contribution in [3.8, 4) is 5.69 Å². The molecule has 1 aromatic carbocycles. The van der Waals surface area contributed by atoms with Gasteiger partial charge in [0.25, 0.3) is 0 Å². The average molecular weight is 310 g/mol. The number of nitrogens with one attached hydrogen (secondary N) is 1. The van der Waals surface area contributed by atoms with Crippen LogP contribution in [0.15, 0.2) is 42.7 Å². The zero-order chi connectivity index (χ0) is 15.5. The van der Waals surface area contributed by atoms with Gasteiger partial charge in [-0.15, -0.1) is 0 Å². The number of hydrogen-bond acceptors (Lipinski definition) is 3. The number of aromatic nitrogens is 2. The highest BCUT2D eigenvalue weighted by molar-refractivity contribution is 5.32. The van der Waals surface area contributed by atoms with Crippen LogP contribution in [0.5, 0.6) is 0 Å². The molecule has 4 rings (SSSR count). The van der Waals surface area contributed by atoms with Crippen molar-refractivity contribution in [3.05, 3.63) is 48.5 Å². The summed E-state index contributed by atoms with van der Waals surface area (Å²) >= 11 is 0. The lowest BCUT2D eigenvalue weighted by Crippen LogP contribution is -2.43. The Labute approximate surface area is 138 Å². The second kappa shape index (κ2) is 6.85. The fourth-order valence-corrected chi connectivity index (χ4v) is 3.43. The maximum absolute atomic E-state index is 4.58. The van der Waals surface area contributed by atoms with E-state index in [2.05, 4.69) is 56.3 Å². The van der Waals surface area contributed by atoms with E-state index in [0.29, 0.717) is 0 Å². The SMILES string of the molecule is c1ccc(-n2ccnc2CN2CCC(NCC3CC3)CC2)cc1. The molecule has 1 N–H and O–H groups in total. The molecule has 4 heteroatoms. The Morgan fingerprint density at radius 2 is 1.83 bits per heavy atom. The number of imidazole rings is 1. The van der Waals surface area contributed by atoms with Crippen LogP contribution in [0.3, 0.4) is 0 Å². The molecule has 0 amide bonds. The molecule has 0 radical (unpaired) electrons. The molecule has 1 aliphatic carbocycles. The van der Waals surface area contributed by atoms with Gasteiger partial charge in [-0.25, -0.2) is 4.98 Å². The first kappa shape index (κ1) is 14.9. The van der Waals surface area contributed by atoms with Crippen LogP contribution in [0, 0.1) is 5.92 Å². The quantitative estimate of drug-likeness (QED) is 0.890. The third kappa shape index (κ3) is 3.82. The highest BCUT2D eigenvalue weighted by atomic mass is 15.2. The minimum Gasteiger partial charge on any atom is -0.314 e. The first-order valence-corrected chi connectivity index (χ1v) is 8.92. The van der Waals surface area contributed by atoms with Crippen molar-refractivity contribution in [2.24, 2.45) is 5.92 Å². The molecule has 2 fully saturated rings. The minimum atomic E-state index is 0.723. The Balaban J connectivity index is 1.32. The summed E-state index contributed by atoms with van der Waals surface area (Å²) in [5, 5.41) is 3.75. The Morgan fingerprint density at radius 1 is 1.04 bits per heavy atom. The Morgan fingerprint density at radius 3 is 2.57 bits per heavy atom. The number of benzene rings is 1. The van der Waals surface area contributed by atoms with E-state index in [0.717, 1.165) is 24.3 Å². The predicted molar refractivity (Wildman–Crippen MR) is 92.6 cm³/mol. The summed E-state index contributed by atoms with van der Waals surface area (Å²) in [5.41, 5.74) is 1.20. The van der Waals surface area contributed by atoms with Crippen LogP contribution in [0.1, 0.15) is 31.5 Å². The normalized spacial score (nSPS) is 20.0. The molecule has 2 heterocycles. The van der Waals surface area contributed by atoms with Gasteiger partial charge < -0.3 is 9.88 Å². The first-order chi connectivity index (χ1) is 11.4. The Bertz CT molecular complexity index is 609. The molecule has 2 aliphatic rings. The molecular formula is C19H26N4. The van der Waals surface area contributed by atoms with E-state index < -0.39 is 0 Å². The van der Waals surface area contributed by atoms with Gasteiger partial charge in [0.1, 0.15) is 5.82 Å². The largest absolute Gasteiger partial charge is 0.314 e. The van der Waals surface area contributed by atoms with Crippen molar-refractivity contribution in [1.82, 2.24) is 19.8 Å². The molecular weight excluding hydrogens is 284 g/mol. The minimum absolute atomic E-state index is 0.723. The molecule has 0 atom stereocenters. The number of piperidine rings is 1. The predicted octanol–water partition coefficient (Wildman–Crippen LogP) is 2.84. The van der Waals surface area contributed by atoms with Crippen molar-refractivity contribution < 1.29 is 0 Å². The molecule has 1 saturated heterocycles. The standard InChI is InChI=1S/C19H26N4/c1-2-4-18(5-3-1)23-13-10-20-19(23)15-22-11-8-17(9-12-22)21-14-16-6-7-16/h1-5,10,13,16-17,21H,6-9,11-12,14-15H2. The van der Waals surface area contributed by atoms with Gasteiger partial charge in [-0.05, 0) is 50.3 Å². The van der Waals surface area contributed by atoms with Crippen molar-refractivity contribution in [3.63, 3.8) is 0 Å². The molecule has 1 saturated carbocycles. The van der Waals surface area contributed by atoms with Gasteiger partial charge in [-0.1, -0.05) is 18.2 Å². The lowest BCUT2D eigenvalue weighted by atomic mass is 10.0. The average Bonchev–Trinajstić information content (AvgIpc) is 3.32. The van der Waals surface area contributed by atoms with Gasteiger partial charge >= 0.3 is 0 Å². The maximum atomic E-state index is 4.58. The van der Waals surface area contributed by atoms with Crippen molar-refractivity contribution in [2.45, 2.75) is 38.3 Å². The summed E-state index contributed by atoms with van der Waals surface area (Å²) in [6.45, 7) is 4.52. The molecule has 23 heavy (non-hydrogen) atoms. The number of rotatable bonds is 6. The van der Waals surface area contributed by atoms with E-state index in [1.165, 1.54) is 51.0 Å². The van der Waals surface area contributed by atoms with Gasteiger partial charge in [-0.2, -0.15) is 0 Å². The monoisotopic (exact) mass is 310 g/mol. The van der Waals surface area contributed by atoms with Crippen LogP contribution in [0.4, 0.5) is 0 Å². The van der Waals surface area contributed by atoms with E-state index in [9.17, 15) is 0 Å². The van der Waals surface area contributed by atoms with Crippen molar-refractivity contribution in [1.29, 1.82) is 0 Å². The zero-order valence-electron chi connectivity index (χ0n) is 13.7. The van der Waals surface area contributed by atoms with E-state index in [4.69, 9.17) is 0 Å². The second-order valence-corrected chi connectivity index (χ2v) is 6.95. The van der Waals surface area contributed by atoms with Crippen LogP contribution in [0.25, 0.3) is 5.69 Å². The van der Waals surface area contributed by atoms with Gasteiger partial charge in [0.2, 0.25) is 0 Å². The summed E-state index contributed by atoms with van der Waals surface area (Å²) in [5.74, 6) is 2.12. The summed E-state index contributed by atoms with van der Waals surface area (Å²) in [4.78, 5) is 7.12. The summed E-state index contributed by atoms with van der Waals surface area (Å²) in [6, 6.07) is 11.2. The number of para-hydroxylation sites is 1. The topological polar surface area (TPSA) is 33.1 Å². The molecule has 1 aromatic heterocycles.